The summed E-state index contributed by atoms with van der Waals surface area (Å²) in [6.07, 6.45) is 0.897. The molecule has 98 valence electrons. The zero-order valence-electron chi connectivity index (χ0n) is 11.0. The van der Waals surface area contributed by atoms with Crippen molar-refractivity contribution in [3.8, 4) is 5.75 Å². The number of ether oxygens (including phenoxy) is 2. The average Bonchev–Trinajstić information content (AvgIpc) is 2.83. The van der Waals surface area contributed by atoms with E-state index in [1.54, 1.807) is 13.8 Å². The smallest absolute Gasteiger partial charge is 0.313 e. The normalized spacial score (nSPS) is 15.8. The first-order chi connectivity index (χ1) is 8.46. The fourth-order valence-electron chi connectivity index (χ4n) is 2.21. The number of benzene rings is 1. The maximum Gasteiger partial charge on any atom is 0.313 e. The Morgan fingerprint density at radius 2 is 2.22 bits per heavy atom. The predicted octanol–water partition coefficient (Wildman–Crippen LogP) is 1.82. The number of hydrogen-bond donors (Lipinski definition) is 1. The highest BCUT2D eigenvalue weighted by molar-refractivity contribution is 5.77. The van der Waals surface area contributed by atoms with Gasteiger partial charge in [-0.15, -0.1) is 0 Å². The third kappa shape index (κ3) is 2.08. The molecule has 0 saturated heterocycles. The third-order valence-corrected chi connectivity index (χ3v) is 3.56. The van der Waals surface area contributed by atoms with E-state index < -0.39 is 11.5 Å². The number of esters is 1. The van der Waals surface area contributed by atoms with Crippen molar-refractivity contribution in [3.63, 3.8) is 0 Å². The van der Waals surface area contributed by atoms with Gasteiger partial charge in [0.05, 0.1) is 19.1 Å². The summed E-state index contributed by atoms with van der Waals surface area (Å²) in [5, 5.41) is 0. The Morgan fingerprint density at radius 1 is 1.50 bits per heavy atom. The first kappa shape index (κ1) is 12.9. The van der Waals surface area contributed by atoms with Crippen molar-refractivity contribution in [1.82, 2.24) is 0 Å². The van der Waals surface area contributed by atoms with Crippen molar-refractivity contribution in [2.75, 3.05) is 13.7 Å². The Kier molecular flexibility index (Phi) is 3.30. The first-order valence-corrected chi connectivity index (χ1v) is 6.06. The molecule has 4 heteroatoms. The number of hydrogen-bond acceptors (Lipinski definition) is 4. The van der Waals surface area contributed by atoms with Gasteiger partial charge in [0.1, 0.15) is 5.75 Å². The molecule has 1 heterocycles. The number of carbonyl (C=O) groups excluding carboxylic acids is 1. The fraction of sp³-hybridized carbons (Fsp3) is 0.500. The van der Waals surface area contributed by atoms with Crippen LogP contribution in [0.15, 0.2) is 18.2 Å². The van der Waals surface area contributed by atoms with Gasteiger partial charge in [-0.2, -0.15) is 0 Å². The Bertz CT molecular complexity index is 468. The van der Waals surface area contributed by atoms with Gasteiger partial charge in [0.25, 0.3) is 0 Å². The van der Waals surface area contributed by atoms with Crippen LogP contribution >= 0.6 is 0 Å². The number of fused-ring (bicyclic) bond motifs is 1. The molecule has 0 aliphatic carbocycles. The summed E-state index contributed by atoms with van der Waals surface area (Å²) in [7, 11) is 1.38. The first-order valence-electron chi connectivity index (χ1n) is 6.06. The minimum atomic E-state index is -0.748. The second-order valence-electron chi connectivity index (χ2n) is 5.16. The monoisotopic (exact) mass is 249 g/mol. The van der Waals surface area contributed by atoms with Crippen LogP contribution in [0.2, 0.25) is 0 Å². The summed E-state index contributed by atoms with van der Waals surface area (Å²) < 4.78 is 10.3. The van der Waals surface area contributed by atoms with Crippen LogP contribution in [0.5, 0.6) is 5.75 Å². The number of carbonyl (C=O) groups is 1. The molecule has 1 aromatic rings. The highest BCUT2D eigenvalue weighted by Gasteiger charge is 2.36. The van der Waals surface area contributed by atoms with E-state index in [-0.39, 0.29) is 5.97 Å². The Labute approximate surface area is 107 Å². The maximum atomic E-state index is 11.8. The largest absolute Gasteiger partial charge is 0.493 e. The average molecular weight is 249 g/mol. The molecular formula is C14H19NO3. The van der Waals surface area contributed by atoms with E-state index in [4.69, 9.17) is 15.2 Å². The van der Waals surface area contributed by atoms with Crippen LogP contribution in [0, 0.1) is 5.41 Å². The molecule has 4 nitrogen and oxygen atoms in total. The number of methoxy groups -OCH3 is 1. The van der Waals surface area contributed by atoms with Crippen molar-refractivity contribution in [2.45, 2.75) is 26.3 Å². The SMILES string of the molecule is COC(=O)C(C)(C)C(N)c1ccc2c(c1)CCO2. The van der Waals surface area contributed by atoms with E-state index in [1.807, 2.05) is 18.2 Å². The van der Waals surface area contributed by atoms with Gasteiger partial charge >= 0.3 is 5.97 Å². The molecule has 0 spiro atoms. The van der Waals surface area contributed by atoms with Gasteiger partial charge in [0, 0.05) is 12.5 Å². The second-order valence-corrected chi connectivity index (χ2v) is 5.16. The zero-order chi connectivity index (χ0) is 13.3. The van der Waals surface area contributed by atoms with E-state index in [1.165, 1.54) is 7.11 Å². The highest BCUT2D eigenvalue weighted by atomic mass is 16.5. The molecule has 1 atom stereocenters. The van der Waals surface area contributed by atoms with Gasteiger partial charge in [0.2, 0.25) is 0 Å². The van der Waals surface area contributed by atoms with Crippen molar-refractivity contribution < 1.29 is 14.3 Å². The molecule has 2 rings (SSSR count). The molecule has 1 unspecified atom stereocenters. The lowest BCUT2D eigenvalue weighted by Crippen LogP contribution is -2.37. The minimum absolute atomic E-state index is 0.299. The molecule has 18 heavy (non-hydrogen) atoms. The summed E-state index contributed by atoms with van der Waals surface area (Å²) in [6, 6.07) is 5.47. The number of rotatable bonds is 3. The van der Waals surface area contributed by atoms with Gasteiger partial charge < -0.3 is 15.2 Å². The van der Waals surface area contributed by atoms with Crippen molar-refractivity contribution in [3.05, 3.63) is 29.3 Å². The van der Waals surface area contributed by atoms with E-state index in [9.17, 15) is 4.79 Å². The van der Waals surface area contributed by atoms with Crippen LogP contribution < -0.4 is 10.5 Å². The van der Waals surface area contributed by atoms with E-state index in [0.717, 1.165) is 23.3 Å². The Morgan fingerprint density at radius 3 is 2.89 bits per heavy atom. The van der Waals surface area contributed by atoms with Gasteiger partial charge in [-0.3, -0.25) is 4.79 Å². The molecule has 0 amide bonds. The molecule has 0 bridgehead atoms. The van der Waals surface area contributed by atoms with Crippen molar-refractivity contribution in [1.29, 1.82) is 0 Å². The van der Waals surface area contributed by atoms with Crippen LogP contribution in [0.1, 0.15) is 31.0 Å². The summed E-state index contributed by atoms with van der Waals surface area (Å²) in [5.74, 6) is 0.619. The molecule has 0 radical (unpaired) electrons. The number of nitrogens with two attached hydrogens (primary N) is 1. The second kappa shape index (κ2) is 4.61. The van der Waals surface area contributed by atoms with E-state index >= 15 is 0 Å². The summed E-state index contributed by atoms with van der Waals surface area (Å²) in [5.41, 5.74) is 7.55. The molecule has 0 saturated carbocycles. The molecule has 0 aromatic heterocycles. The Hall–Kier alpha value is -1.55. The maximum absolute atomic E-state index is 11.8. The van der Waals surface area contributed by atoms with Crippen molar-refractivity contribution in [2.24, 2.45) is 11.1 Å². The standard InChI is InChI=1S/C14H19NO3/c1-14(2,13(16)17-3)12(15)10-4-5-11-9(8-10)6-7-18-11/h4-5,8,12H,6-7,15H2,1-3H3. The van der Waals surface area contributed by atoms with Gasteiger partial charge in [-0.25, -0.2) is 0 Å². The molecular weight excluding hydrogens is 230 g/mol. The lowest BCUT2D eigenvalue weighted by atomic mass is 9.80. The topological polar surface area (TPSA) is 61.5 Å². The van der Waals surface area contributed by atoms with Crippen LogP contribution in [-0.4, -0.2) is 19.7 Å². The molecule has 0 fully saturated rings. The van der Waals surface area contributed by atoms with Crippen LogP contribution in [-0.2, 0) is 16.0 Å². The summed E-state index contributed by atoms with van der Waals surface area (Å²) in [4.78, 5) is 11.8. The quantitative estimate of drug-likeness (QED) is 0.830. The van der Waals surface area contributed by atoms with Gasteiger partial charge in [-0.05, 0) is 31.0 Å². The predicted molar refractivity (Wildman–Crippen MR) is 68.4 cm³/mol. The molecule has 1 aliphatic heterocycles. The minimum Gasteiger partial charge on any atom is -0.493 e. The summed E-state index contributed by atoms with van der Waals surface area (Å²) in [6.45, 7) is 4.31. The van der Waals surface area contributed by atoms with Crippen LogP contribution in [0.4, 0.5) is 0 Å². The van der Waals surface area contributed by atoms with Crippen molar-refractivity contribution >= 4 is 5.97 Å². The van der Waals surface area contributed by atoms with Crippen LogP contribution in [0.3, 0.4) is 0 Å². The molecule has 1 aromatic carbocycles. The lowest BCUT2D eigenvalue weighted by Gasteiger charge is -2.29. The molecule has 1 aliphatic rings. The van der Waals surface area contributed by atoms with E-state index in [0.29, 0.717) is 6.61 Å². The Balaban J connectivity index is 2.28. The lowest BCUT2D eigenvalue weighted by molar-refractivity contribution is -0.152. The fourth-order valence-corrected chi connectivity index (χ4v) is 2.21. The van der Waals surface area contributed by atoms with E-state index in [2.05, 4.69) is 0 Å². The van der Waals surface area contributed by atoms with Gasteiger partial charge in [-0.1, -0.05) is 12.1 Å². The summed E-state index contributed by atoms with van der Waals surface area (Å²) >= 11 is 0. The zero-order valence-corrected chi connectivity index (χ0v) is 11.0. The third-order valence-electron chi connectivity index (χ3n) is 3.56. The van der Waals surface area contributed by atoms with Crippen LogP contribution in [0.25, 0.3) is 0 Å². The van der Waals surface area contributed by atoms with Gasteiger partial charge in [0.15, 0.2) is 0 Å². The highest BCUT2D eigenvalue weighted by Crippen LogP contribution is 2.35. The molecule has 2 N–H and O–H groups in total.